The molecule has 120 valence electrons. The summed E-state index contributed by atoms with van der Waals surface area (Å²) in [6, 6.07) is 8.72. The first-order valence-corrected chi connectivity index (χ1v) is 6.96. The van der Waals surface area contributed by atoms with Crippen molar-refractivity contribution < 1.29 is 18.4 Å². The predicted octanol–water partition coefficient (Wildman–Crippen LogP) is 2.49. The average Bonchev–Trinajstić information content (AvgIpc) is 2.55. The molecule has 0 fully saturated rings. The van der Waals surface area contributed by atoms with Crippen LogP contribution in [0.15, 0.2) is 42.5 Å². The molecule has 0 radical (unpaired) electrons. The standard InChI is InChI=1S/C17H16F2N2O2/c1-10-3-5-11(6-4-10)16(22)21-15(17(23)20-2)12-7-8-13(18)14(19)9-12/h3-9,15H,1-2H3,(H,20,23)(H,21,22). The van der Waals surface area contributed by atoms with Gasteiger partial charge in [-0.2, -0.15) is 0 Å². The van der Waals surface area contributed by atoms with Crippen LogP contribution in [0.1, 0.15) is 27.5 Å². The highest BCUT2D eigenvalue weighted by molar-refractivity contribution is 5.97. The molecule has 2 aromatic rings. The smallest absolute Gasteiger partial charge is 0.252 e. The first kappa shape index (κ1) is 16.6. The van der Waals surface area contributed by atoms with E-state index in [1.165, 1.54) is 13.1 Å². The lowest BCUT2D eigenvalue weighted by molar-refractivity contribution is -0.122. The van der Waals surface area contributed by atoms with Crippen molar-refractivity contribution in [2.75, 3.05) is 7.05 Å². The minimum atomic E-state index is -1.12. The van der Waals surface area contributed by atoms with E-state index in [0.29, 0.717) is 5.56 Å². The summed E-state index contributed by atoms with van der Waals surface area (Å²) >= 11 is 0. The van der Waals surface area contributed by atoms with Gasteiger partial charge in [-0.05, 0) is 36.8 Å². The third kappa shape index (κ3) is 3.91. The summed E-state index contributed by atoms with van der Waals surface area (Å²) in [5.41, 5.74) is 1.51. The number of aryl methyl sites for hydroxylation is 1. The summed E-state index contributed by atoms with van der Waals surface area (Å²) in [5.74, 6) is -3.12. The van der Waals surface area contributed by atoms with Crippen LogP contribution in [0.2, 0.25) is 0 Å². The fourth-order valence-corrected chi connectivity index (χ4v) is 2.06. The number of likely N-dealkylation sites (N-methyl/N-ethyl adjacent to an activating group) is 1. The monoisotopic (exact) mass is 318 g/mol. The SMILES string of the molecule is CNC(=O)C(NC(=O)c1ccc(C)cc1)c1ccc(F)c(F)c1. The maximum atomic E-state index is 13.4. The lowest BCUT2D eigenvalue weighted by atomic mass is 10.0. The molecule has 0 saturated heterocycles. The zero-order valence-electron chi connectivity index (χ0n) is 12.7. The van der Waals surface area contributed by atoms with E-state index >= 15 is 0 Å². The van der Waals surface area contributed by atoms with Crippen LogP contribution in [0.3, 0.4) is 0 Å². The molecule has 0 saturated carbocycles. The van der Waals surface area contributed by atoms with Crippen molar-refractivity contribution in [2.24, 2.45) is 0 Å². The number of amides is 2. The van der Waals surface area contributed by atoms with Gasteiger partial charge in [0.2, 0.25) is 5.91 Å². The molecule has 0 aliphatic heterocycles. The molecule has 0 aliphatic rings. The van der Waals surface area contributed by atoms with Crippen LogP contribution in [-0.4, -0.2) is 18.9 Å². The van der Waals surface area contributed by atoms with Crippen molar-refractivity contribution in [3.8, 4) is 0 Å². The number of carbonyl (C=O) groups excluding carboxylic acids is 2. The largest absolute Gasteiger partial charge is 0.357 e. The summed E-state index contributed by atoms with van der Waals surface area (Å²) in [4.78, 5) is 24.2. The zero-order valence-corrected chi connectivity index (χ0v) is 12.7. The van der Waals surface area contributed by atoms with Crippen LogP contribution < -0.4 is 10.6 Å². The normalized spacial score (nSPS) is 11.7. The Balaban J connectivity index is 2.28. The van der Waals surface area contributed by atoms with E-state index < -0.39 is 29.5 Å². The second kappa shape index (κ2) is 7.00. The minimum absolute atomic E-state index is 0.156. The van der Waals surface area contributed by atoms with Crippen LogP contribution in [0.25, 0.3) is 0 Å². The van der Waals surface area contributed by atoms with Gasteiger partial charge >= 0.3 is 0 Å². The number of halogens is 2. The number of nitrogens with one attached hydrogen (secondary N) is 2. The lowest BCUT2D eigenvalue weighted by Gasteiger charge is -2.18. The second-order valence-electron chi connectivity index (χ2n) is 5.06. The predicted molar refractivity (Wildman–Crippen MR) is 81.8 cm³/mol. The fraction of sp³-hybridized carbons (Fsp3) is 0.176. The highest BCUT2D eigenvalue weighted by Crippen LogP contribution is 2.17. The molecule has 2 amide bonds. The van der Waals surface area contributed by atoms with Crippen LogP contribution >= 0.6 is 0 Å². The van der Waals surface area contributed by atoms with Gasteiger partial charge in [-0.1, -0.05) is 23.8 Å². The zero-order chi connectivity index (χ0) is 17.0. The van der Waals surface area contributed by atoms with Gasteiger partial charge in [0, 0.05) is 12.6 Å². The molecule has 0 aliphatic carbocycles. The molecule has 0 aromatic heterocycles. The van der Waals surface area contributed by atoms with Gasteiger partial charge in [-0.15, -0.1) is 0 Å². The van der Waals surface area contributed by atoms with Crippen molar-refractivity contribution in [3.63, 3.8) is 0 Å². The summed E-state index contributed by atoms with van der Waals surface area (Å²) in [5, 5.41) is 4.92. The van der Waals surface area contributed by atoms with Crippen LogP contribution in [0, 0.1) is 18.6 Å². The van der Waals surface area contributed by atoms with E-state index in [-0.39, 0.29) is 5.56 Å². The van der Waals surface area contributed by atoms with Crippen molar-refractivity contribution in [3.05, 3.63) is 70.8 Å². The average molecular weight is 318 g/mol. The third-order valence-corrected chi connectivity index (χ3v) is 3.37. The molecule has 4 nitrogen and oxygen atoms in total. The van der Waals surface area contributed by atoms with E-state index in [4.69, 9.17) is 0 Å². The first-order valence-electron chi connectivity index (χ1n) is 6.96. The molecule has 23 heavy (non-hydrogen) atoms. The topological polar surface area (TPSA) is 58.2 Å². The quantitative estimate of drug-likeness (QED) is 0.910. The second-order valence-corrected chi connectivity index (χ2v) is 5.06. The van der Waals surface area contributed by atoms with Gasteiger partial charge in [-0.25, -0.2) is 8.78 Å². The van der Waals surface area contributed by atoms with Crippen LogP contribution in [0.5, 0.6) is 0 Å². The number of hydrogen-bond acceptors (Lipinski definition) is 2. The van der Waals surface area contributed by atoms with Crippen molar-refractivity contribution >= 4 is 11.8 Å². The Morgan fingerprint density at radius 3 is 2.22 bits per heavy atom. The Morgan fingerprint density at radius 2 is 1.65 bits per heavy atom. The van der Waals surface area contributed by atoms with Gasteiger partial charge in [0.25, 0.3) is 5.91 Å². The first-order chi connectivity index (χ1) is 10.9. The number of carbonyl (C=O) groups is 2. The fourth-order valence-electron chi connectivity index (χ4n) is 2.06. The Morgan fingerprint density at radius 1 is 1.00 bits per heavy atom. The van der Waals surface area contributed by atoms with Gasteiger partial charge < -0.3 is 10.6 Å². The van der Waals surface area contributed by atoms with Gasteiger partial charge in [0.15, 0.2) is 11.6 Å². The van der Waals surface area contributed by atoms with E-state index in [1.54, 1.807) is 24.3 Å². The molecular formula is C17H16F2N2O2. The molecule has 0 spiro atoms. The van der Waals surface area contributed by atoms with E-state index in [2.05, 4.69) is 10.6 Å². The van der Waals surface area contributed by atoms with Crippen LogP contribution in [-0.2, 0) is 4.79 Å². The minimum Gasteiger partial charge on any atom is -0.357 e. The Labute approximate surface area is 132 Å². The highest BCUT2D eigenvalue weighted by Gasteiger charge is 2.23. The molecular weight excluding hydrogens is 302 g/mol. The number of rotatable bonds is 4. The van der Waals surface area contributed by atoms with E-state index in [9.17, 15) is 18.4 Å². The molecule has 0 heterocycles. The molecule has 2 rings (SSSR count). The molecule has 2 aromatic carbocycles. The molecule has 6 heteroatoms. The summed E-state index contributed by atoms with van der Waals surface area (Å²) in [6.07, 6.45) is 0. The Kier molecular flexibility index (Phi) is 5.05. The Bertz CT molecular complexity index is 730. The van der Waals surface area contributed by atoms with E-state index in [1.807, 2.05) is 6.92 Å². The van der Waals surface area contributed by atoms with Crippen molar-refractivity contribution in [1.29, 1.82) is 0 Å². The van der Waals surface area contributed by atoms with Crippen molar-refractivity contribution in [2.45, 2.75) is 13.0 Å². The molecule has 1 unspecified atom stereocenters. The maximum Gasteiger partial charge on any atom is 0.252 e. The molecule has 0 bridgehead atoms. The molecule has 1 atom stereocenters. The van der Waals surface area contributed by atoms with Crippen molar-refractivity contribution in [1.82, 2.24) is 10.6 Å². The van der Waals surface area contributed by atoms with Crippen LogP contribution in [0.4, 0.5) is 8.78 Å². The third-order valence-electron chi connectivity index (χ3n) is 3.37. The van der Waals surface area contributed by atoms with E-state index in [0.717, 1.165) is 17.7 Å². The molecule has 2 N–H and O–H groups in total. The number of benzene rings is 2. The highest BCUT2D eigenvalue weighted by atomic mass is 19.2. The summed E-state index contributed by atoms with van der Waals surface area (Å²) < 4.78 is 26.4. The lowest BCUT2D eigenvalue weighted by Crippen LogP contribution is -2.39. The summed E-state index contributed by atoms with van der Waals surface area (Å²) in [6.45, 7) is 1.89. The number of hydrogen-bond donors (Lipinski definition) is 2. The maximum absolute atomic E-state index is 13.4. The van der Waals surface area contributed by atoms with Gasteiger partial charge in [0.05, 0.1) is 0 Å². The Hall–Kier alpha value is -2.76. The van der Waals surface area contributed by atoms with Gasteiger partial charge in [0.1, 0.15) is 6.04 Å². The van der Waals surface area contributed by atoms with Gasteiger partial charge in [-0.3, -0.25) is 9.59 Å². The summed E-state index contributed by atoms with van der Waals surface area (Å²) in [7, 11) is 1.40.